The molecule has 0 N–H and O–H groups in total. The maximum Gasteiger partial charge on any atom is 0.229 e. The van der Waals surface area contributed by atoms with Gasteiger partial charge in [-0.15, -0.1) is 0 Å². The van der Waals surface area contributed by atoms with Crippen LogP contribution in [0.3, 0.4) is 0 Å². The van der Waals surface area contributed by atoms with Crippen LogP contribution in [0.25, 0.3) is 0 Å². The highest BCUT2D eigenvalue weighted by atomic mass is 16.5. The van der Waals surface area contributed by atoms with E-state index in [0.29, 0.717) is 18.8 Å². The van der Waals surface area contributed by atoms with E-state index < -0.39 is 0 Å². The van der Waals surface area contributed by atoms with Crippen molar-refractivity contribution < 1.29 is 23.7 Å². The molecule has 2 aliphatic heterocycles. The van der Waals surface area contributed by atoms with E-state index in [0.717, 1.165) is 47.8 Å². The number of methoxy groups -OCH3 is 3. The fraction of sp³-hybridized carbons (Fsp3) is 0.435. The van der Waals surface area contributed by atoms with Gasteiger partial charge in [0.1, 0.15) is 18.1 Å². The third kappa shape index (κ3) is 3.59. The predicted molar refractivity (Wildman–Crippen MR) is 109 cm³/mol. The zero-order valence-electron chi connectivity index (χ0n) is 17.1. The van der Waals surface area contributed by atoms with Gasteiger partial charge in [0, 0.05) is 12.1 Å². The lowest BCUT2D eigenvalue weighted by Gasteiger charge is -2.32. The Kier molecular flexibility index (Phi) is 5.51. The zero-order valence-corrected chi connectivity index (χ0v) is 17.1. The Hall–Kier alpha value is -2.89. The molecule has 1 fully saturated rings. The van der Waals surface area contributed by atoms with Crippen molar-refractivity contribution in [2.24, 2.45) is 5.92 Å². The van der Waals surface area contributed by atoms with Crippen LogP contribution in [0.1, 0.15) is 30.0 Å². The molecule has 154 valence electrons. The Morgan fingerprint density at radius 3 is 2.66 bits per heavy atom. The first-order valence-electron chi connectivity index (χ1n) is 9.97. The van der Waals surface area contributed by atoms with Gasteiger partial charge in [0.05, 0.1) is 33.3 Å². The van der Waals surface area contributed by atoms with Crippen LogP contribution in [-0.4, -0.2) is 45.3 Å². The zero-order chi connectivity index (χ0) is 20.4. The molecule has 4 rings (SSSR count). The van der Waals surface area contributed by atoms with E-state index >= 15 is 0 Å². The van der Waals surface area contributed by atoms with E-state index in [1.165, 1.54) is 0 Å². The number of nitrogens with zero attached hydrogens (tertiary/aromatic N) is 1. The molecule has 0 spiro atoms. The predicted octanol–water partition coefficient (Wildman–Crippen LogP) is 3.63. The average Bonchev–Trinajstić information content (AvgIpc) is 3.26. The summed E-state index contributed by atoms with van der Waals surface area (Å²) < 4.78 is 22.3. The van der Waals surface area contributed by atoms with Gasteiger partial charge in [-0.3, -0.25) is 4.79 Å². The van der Waals surface area contributed by atoms with Crippen LogP contribution >= 0.6 is 0 Å². The first kappa shape index (κ1) is 19.4. The fourth-order valence-corrected chi connectivity index (χ4v) is 4.40. The van der Waals surface area contributed by atoms with Gasteiger partial charge in [0.25, 0.3) is 0 Å². The summed E-state index contributed by atoms with van der Waals surface area (Å²) in [6, 6.07) is 11.6. The van der Waals surface area contributed by atoms with Crippen LogP contribution in [0.5, 0.6) is 23.0 Å². The summed E-state index contributed by atoms with van der Waals surface area (Å²) >= 11 is 0. The van der Waals surface area contributed by atoms with Crippen LogP contribution in [0.2, 0.25) is 0 Å². The monoisotopic (exact) mass is 397 g/mol. The highest BCUT2D eigenvalue weighted by Crippen LogP contribution is 2.41. The molecule has 0 unspecified atom stereocenters. The molecule has 0 radical (unpaired) electrons. The van der Waals surface area contributed by atoms with Gasteiger partial charge < -0.3 is 23.8 Å². The van der Waals surface area contributed by atoms with Gasteiger partial charge in [-0.05, 0) is 49.1 Å². The minimum absolute atomic E-state index is 0.0146. The lowest BCUT2D eigenvalue weighted by molar-refractivity contribution is -0.138. The van der Waals surface area contributed by atoms with E-state index in [1.807, 2.05) is 41.3 Å². The second-order valence-corrected chi connectivity index (χ2v) is 7.46. The second kappa shape index (κ2) is 8.23. The van der Waals surface area contributed by atoms with Crippen molar-refractivity contribution >= 4 is 5.91 Å². The van der Waals surface area contributed by atoms with Crippen molar-refractivity contribution in [1.29, 1.82) is 0 Å². The van der Waals surface area contributed by atoms with Gasteiger partial charge in [0.2, 0.25) is 5.91 Å². The molecule has 2 heterocycles. The third-order valence-corrected chi connectivity index (χ3v) is 5.86. The minimum Gasteiger partial charge on any atom is -0.497 e. The highest BCUT2D eigenvalue weighted by molar-refractivity contribution is 5.81. The van der Waals surface area contributed by atoms with Crippen molar-refractivity contribution in [3.63, 3.8) is 0 Å². The standard InChI is InChI=1S/C23H27NO5/c1-26-17-9-10-20(27-2)18(13-17)19-7-5-11-24(19)23(25)16-12-15-6-4-8-21(28-3)22(15)29-14-16/h4,6,8-10,13,16,19H,5,7,11-12,14H2,1-3H3/t16-,19+/m1/s1. The van der Waals surface area contributed by atoms with Crippen molar-refractivity contribution in [2.45, 2.75) is 25.3 Å². The smallest absolute Gasteiger partial charge is 0.229 e. The second-order valence-electron chi connectivity index (χ2n) is 7.46. The van der Waals surface area contributed by atoms with Crippen molar-refractivity contribution in [2.75, 3.05) is 34.5 Å². The van der Waals surface area contributed by atoms with Gasteiger partial charge in [-0.1, -0.05) is 12.1 Å². The first-order chi connectivity index (χ1) is 14.2. The van der Waals surface area contributed by atoms with Gasteiger partial charge in [0.15, 0.2) is 11.5 Å². The Bertz CT molecular complexity index is 897. The summed E-state index contributed by atoms with van der Waals surface area (Å²) in [7, 11) is 4.94. The van der Waals surface area contributed by atoms with Crippen LogP contribution in [-0.2, 0) is 11.2 Å². The molecule has 29 heavy (non-hydrogen) atoms. The molecule has 1 saturated heterocycles. The summed E-state index contributed by atoms with van der Waals surface area (Å²) in [4.78, 5) is 15.4. The van der Waals surface area contributed by atoms with Gasteiger partial charge >= 0.3 is 0 Å². The molecule has 0 saturated carbocycles. The van der Waals surface area contributed by atoms with E-state index in [4.69, 9.17) is 18.9 Å². The third-order valence-electron chi connectivity index (χ3n) is 5.86. The Morgan fingerprint density at radius 2 is 1.90 bits per heavy atom. The SMILES string of the molecule is COc1ccc(OC)c([C@@H]2CCCN2C(=O)[C@H]2COc3c(cccc3OC)C2)c1. The number of likely N-dealkylation sites (tertiary alicyclic amines) is 1. The lowest BCUT2D eigenvalue weighted by Crippen LogP contribution is -2.40. The van der Waals surface area contributed by atoms with Crippen molar-refractivity contribution in [3.8, 4) is 23.0 Å². The number of carbonyl (C=O) groups is 1. The molecule has 0 bridgehead atoms. The number of hydrogen-bond donors (Lipinski definition) is 0. The number of hydrogen-bond acceptors (Lipinski definition) is 5. The first-order valence-corrected chi connectivity index (χ1v) is 9.97. The molecule has 0 aromatic heterocycles. The number of para-hydroxylation sites is 1. The van der Waals surface area contributed by atoms with Gasteiger partial charge in [-0.2, -0.15) is 0 Å². The van der Waals surface area contributed by atoms with Crippen molar-refractivity contribution in [3.05, 3.63) is 47.5 Å². The van der Waals surface area contributed by atoms with E-state index in [2.05, 4.69) is 0 Å². The number of fused-ring (bicyclic) bond motifs is 1. The maximum absolute atomic E-state index is 13.4. The fourth-order valence-electron chi connectivity index (χ4n) is 4.40. The molecule has 6 nitrogen and oxygen atoms in total. The van der Waals surface area contributed by atoms with Crippen LogP contribution in [0.4, 0.5) is 0 Å². The largest absolute Gasteiger partial charge is 0.497 e. The van der Waals surface area contributed by atoms with Crippen molar-refractivity contribution in [1.82, 2.24) is 4.90 Å². The summed E-state index contributed by atoms with van der Waals surface area (Å²) in [5, 5.41) is 0. The van der Waals surface area contributed by atoms with E-state index in [9.17, 15) is 4.79 Å². The van der Waals surface area contributed by atoms with E-state index in [-0.39, 0.29) is 17.9 Å². The summed E-state index contributed by atoms with van der Waals surface area (Å²) in [6.45, 7) is 1.11. The molecular weight excluding hydrogens is 370 g/mol. The number of benzene rings is 2. The maximum atomic E-state index is 13.4. The molecule has 6 heteroatoms. The summed E-state index contributed by atoms with van der Waals surface area (Å²) in [6.07, 6.45) is 2.53. The Balaban J connectivity index is 1.57. The van der Waals surface area contributed by atoms with Crippen LogP contribution < -0.4 is 18.9 Å². The number of amides is 1. The molecule has 2 aromatic rings. The van der Waals surface area contributed by atoms with Gasteiger partial charge in [-0.25, -0.2) is 0 Å². The molecule has 1 amide bonds. The lowest BCUT2D eigenvalue weighted by atomic mass is 9.94. The highest BCUT2D eigenvalue weighted by Gasteiger charge is 2.37. The average molecular weight is 397 g/mol. The Morgan fingerprint density at radius 1 is 1.07 bits per heavy atom. The number of carbonyl (C=O) groups excluding carboxylic acids is 1. The molecular formula is C23H27NO5. The number of rotatable bonds is 5. The van der Waals surface area contributed by atoms with Crippen LogP contribution in [0, 0.1) is 5.92 Å². The minimum atomic E-state index is -0.202. The van der Waals surface area contributed by atoms with E-state index in [1.54, 1.807) is 21.3 Å². The summed E-state index contributed by atoms with van der Waals surface area (Å²) in [5.74, 6) is 2.95. The topological polar surface area (TPSA) is 57.2 Å². The Labute approximate surface area is 171 Å². The normalized spacial score (nSPS) is 20.6. The molecule has 2 aliphatic rings. The number of ether oxygens (including phenoxy) is 4. The summed E-state index contributed by atoms with van der Waals surface area (Å²) in [5.41, 5.74) is 2.01. The van der Waals surface area contributed by atoms with Crippen LogP contribution in [0.15, 0.2) is 36.4 Å². The quantitative estimate of drug-likeness (QED) is 0.771. The molecule has 2 aromatic carbocycles. The molecule has 0 aliphatic carbocycles. The molecule has 2 atom stereocenters.